The highest BCUT2D eigenvalue weighted by Gasteiger charge is 2.37. The molecule has 0 bridgehead atoms. The molecule has 0 spiro atoms. The molecule has 574 valence electrons. The van der Waals surface area contributed by atoms with Crippen molar-refractivity contribution in [2.45, 2.75) is 55.1 Å². The number of methoxy groups -OCH3 is 5. The van der Waals surface area contributed by atoms with E-state index in [1.807, 2.05) is 124 Å². The average Bonchev–Trinajstić information content (AvgIpc) is 1.07. The highest BCUT2D eigenvalue weighted by Crippen LogP contribution is 2.40. The molecule has 15 rings (SSSR count). The van der Waals surface area contributed by atoms with Crippen molar-refractivity contribution in [3.63, 3.8) is 0 Å². The number of aromatic nitrogens is 12. The Hall–Kier alpha value is -12.5. The van der Waals surface area contributed by atoms with Gasteiger partial charge in [0, 0.05) is 166 Å². The van der Waals surface area contributed by atoms with Crippen molar-refractivity contribution < 1.29 is 51.6 Å². The first-order valence-electron chi connectivity index (χ1n) is 35.7. The van der Waals surface area contributed by atoms with E-state index in [1.54, 1.807) is 108 Å². The highest BCUT2D eigenvalue weighted by atomic mass is 19.1. The van der Waals surface area contributed by atoms with Gasteiger partial charge in [-0.2, -0.15) is 15.3 Å². The first-order chi connectivity index (χ1) is 52.7. The van der Waals surface area contributed by atoms with E-state index >= 15 is 0 Å². The summed E-state index contributed by atoms with van der Waals surface area (Å²) in [6.45, 7) is 5.12. The Morgan fingerprint density at radius 2 is 0.909 bits per heavy atom. The molecule has 6 aromatic heterocycles. The summed E-state index contributed by atoms with van der Waals surface area (Å²) >= 11 is 0. The molecule has 26 nitrogen and oxygen atoms in total. The number of piperidine rings is 1. The number of nitrogens with one attached hydrogen (secondary N) is 1. The maximum absolute atomic E-state index is 14.7. The van der Waals surface area contributed by atoms with Crippen LogP contribution < -0.4 is 43.7 Å². The van der Waals surface area contributed by atoms with Crippen LogP contribution in [-0.2, 0) is 25.9 Å². The van der Waals surface area contributed by atoms with Gasteiger partial charge in [-0.15, -0.1) is 0 Å². The van der Waals surface area contributed by atoms with Gasteiger partial charge in [-0.3, -0.25) is 43.5 Å². The van der Waals surface area contributed by atoms with Crippen molar-refractivity contribution in [2.75, 3.05) is 103 Å². The summed E-state index contributed by atoms with van der Waals surface area (Å²) in [4.78, 5) is 61.3. The predicted octanol–water partition coefficient (Wildman–Crippen LogP) is 14.7. The lowest BCUT2D eigenvalue weighted by Crippen LogP contribution is -2.50. The lowest BCUT2D eigenvalue weighted by atomic mass is 9.91. The summed E-state index contributed by atoms with van der Waals surface area (Å²) in [6.07, 6.45) is 17.9. The lowest BCUT2D eigenvalue weighted by molar-refractivity contribution is -0.0258. The van der Waals surface area contributed by atoms with Crippen molar-refractivity contribution in [1.29, 1.82) is 0 Å². The minimum atomic E-state index is -2.60. The Morgan fingerprint density at radius 3 is 1.31 bits per heavy atom. The molecule has 27 heteroatoms. The second kappa shape index (κ2) is 36.4. The predicted molar refractivity (Wildman–Crippen MR) is 431 cm³/mol. The monoisotopic (exact) mass is 1500 g/mol. The zero-order valence-corrected chi connectivity index (χ0v) is 59.7. The van der Waals surface area contributed by atoms with E-state index in [0.717, 1.165) is 87.9 Å². The summed E-state index contributed by atoms with van der Waals surface area (Å²) in [6, 6.07) is 39.3. The van der Waals surface area contributed by atoms with Gasteiger partial charge in [0.15, 0.2) is 0 Å². The van der Waals surface area contributed by atoms with Gasteiger partial charge in [0.2, 0.25) is 0 Å². The van der Waals surface area contributed by atoms with E-state index in [0.29, 0.717) is 86.3 Å². The molecule has 2 aliphatic heterocycles. The Kier molecular flexibility index (Phi) is 25.6. The number of fused-ring (bicyclic) bond motifs is 4. The quantitative estimate of drug-likeness (QED) is 0.0564. The van der Waals surface area contributed by atoms with Crippen LogP contribution in [-0.4, -0.2) is 175 Å². The Balaban J connectivity index is 0.000000192. The number of nitrogens with zero attached hydrogens (tertiary/aromatic N) is 16. The van der Waals surface area contributed by atoms with Crippen LogP contribution in [0.25, 0.3) is 66.9 Å². The third-order valence-corrected chi connectivity index (χ3v) is 18.3. The Bertz CT molecular complexity index is 5390. The van der Waals surface area contributed by atoms with E-state index in [1.165, 1.54) is 30.2 Å². The molecule has 13 aromatic rings. The van der Waals surface area contributed by atoms with Gasteiger partial charge in [-0.05, 0) is 106 Å². The fourth-order valence-electron chi connectivity index (χ4n) is 12.9. The van der Waals surface area contributed by atoms with Gasteiger partial charge < -0.3 is 53.5 Å². The number of carbonyl (C=O) groups is 2. The molecule has 0 atom stereocenters. The molecule has 2 amide bonds. The first-order valence-corrected chi connectivity index (χ1v) is 34.2. The summed E-state index contributed by atoms with van der Waals surface area (Å²) in [7, 11) is 9.58. The van der Waals surface area contributed by atoms with Gasteiger partial charge in [0.1, 0.15) is 34.6 Å². The number of halogens is 1. The molecule has 0 radical (unpaired) electrons. The van der Waals surface area contributed by atoms with Crippen LogP contribution >= 0.6 is 0 Å². The third kappa shape index (κ3) is 18.2. The van der Waals surface area contributed by atoms with Crippen LogP contribution in [0.5, 0.6) is 28.7 Å². The molecule has 1 saturated heterocycles. The number of aliphatic hydroxyl groups excluding tert-OH is 1. The second-order valence-electron chi connectivity index (χ2n) is 25.2. The number of carbonyl (C=O) groups excluding carboxylic acids is 2. The number of rotatable bonds is 23. The minimum absolute atomic E-state index is 0. The van der Waals surface area contributed by atoms with E-state index in [4.69, 9.17) is 47.5 Å². The second-order valence-corrected chi connectivity index (χ2v) is 25.2. The number of aliphatic hydroxyl groups is 1. The van der Waals surface area contributed by atoms with E-state index in [-0.39, 0.29) is 79.1 Å². The van der Waals surface area contributed by atoms with Gasteiger partial charge in [-0.1, -0.05) is 41.8 Å². The van der Waals surface area contributed by atoms with E-state index in [2.05, 4.69) is 52.6 Å². The molecule has 1 fully saturated rings. The minimum Gasteiger partial charge on any atom is -0.497 e. The van der Waals surface area contributed by atoms with E-state index in [9.17, 15) is 19.1 Å². The maximum atomic E-state index is 14.7. The van der Waals surface area contributed by atoms with Crippen LogP contribution in [0, 0.1) is 5.82 Å². The van der Waals surface area contributed by atoms with Crippen LogP contribution in [0.1, 0.15) is 74.3 Å². The van der Waals surface area contributed by atoms with Gasteiger partial charge >= 0.3 is 0 Å². The molecule has 0 saturated carbocycles. The molecule has 0 aliphatic carbocycles. The fourth-order valence-corrected chi connectivity index (χ4v) is 12.9. The van der Waals surface area contributed by atoms with Crippen molar-refractivity contribution in [1.82, 2.24) is 69.5 Å². The number of imide groups is 1. The molecule has 8 heterocycles. The first kappa shape index (κ1) is 77.2. The fraction of sp³-hybridized carbons (Fsp3) is 0.289. The SMILES string of the molecule is C.C.C.C.CCOc1cc(F)cc(N(CCN2C(=O)c3ccccc3C2=O)c2ccc3ncc(-c4cnn(C)c4)nc3c2)c1.COc1cc(OC)cc(N(CC2(OC)CCNCC2)c2ccc3ncc(-c4cnn(C)c4)nc3c2)c1.[2H]C([2H])([2H])Oc1cc(OC)cc(N(CCO)c2ccc3ncc(-c4cnn(C)c4)nc3c2)c1. The normalized spacial score (nSPS) is 13.1. The zero-order chi connectivity index (χ0) is 76.5. The largest absolute Gasteiger partial charge is 0.497 e. The molecular weight excluding hydrogens is 1400 g/mol. The molecule has 110 heavy (non-hydrogen) atoms. The van der Waals surface area contributed by atoms with Gasteiger partial charge in [-0.25, -0.2) is 19.3 Å². The summed E-state index contributed by atoms with van der Waals surface area (Å²) in [5.41, 5.74) is 14.0. The lowest BCUT2D eigenvalue weighted by Gasteiger charge is -2.41. The number of anilines is 6. The van der Waals surface area contributed by atoms with Gasteiger partial charge in [0.05, 0.1) is 156 Å². The highest BCUT2D eigenvalue weighted by molar-refractivity contribution is 6.21. The maximum Gasteiger partial charge on any atom is 0.261 e. The summed E-state index contributed by atoms with van der Waals surface area (Å²) in [5.74, 6) is 1.23. The molecule has 0 unspecified atom stereocenters. The average molecular weight is 1500 g/mol. The van der Waals surface area contributed by atoms with E-state index < -0.39 is 12.9 Å². The number of aryl methyl sites for hydroxylation is 3. The third-order valence-electron chi connectivity index (χ3n) is 18.3. The van der Waals surface area contributed by atoms with Crippen molar-refractivity contribution in [3.8, 4) is 62.5 Å². The molecular formula is C83H96FN17O9. The molecule has 7 aromatic carbocycles. The summed E-state index contributed by atoms with van der Waals surface area (Å²) in [5, 5.41) is 25.8. The van der Waals surface area contributed by atoms with Crippen LogP contribution in [0.4, 0.5) is 38.5 Å². The Morgan fingerprint density at radius 1 is 0.500 bits per heavy atom. The van der Waals surface area contributed by atoms with Crippen LogP contribution in [0.3, 0.4) is 0 Å². The molecule has 2 N–H and O–H groups in total. The number of hydrogen-bond donors (Lipinski definition) is 2. The van der Waals surface area contributed by atoms with Crippen LogP contribution in [0.15, 0.2) is 189 Å². The number of hydrogen-bond acceptors (Lipinski definition) is 22. The van der Waals surface area contributed by atoms with Crippen molar-refractivity contribution in [3.05, 3.63) is 206 Å². The van der Waals surface area contributed by atoms with Crippen molar-refractivity contribution >= 4 is 79.0 Å². The zero-order valence-electron chi connectivity index (χ0n) is 62.7. The Labute approximate surface area is 644 Å². The standard InChI is InChI=1S/C30H25FN6O3.C27H32N6O3.C22H23N5O3.4CH4/c1-3-40-23-13-20(31)12-22(14-23)36(10-11-37-29(38)24-6-4-5-7-25(24)30(37)39)21-8-9-26-27(15-21)34-28(17-32-26)19-16-33-35(2)18-19;1-32-17-19(15-30-32)26-16-29-24-6-5-20(13-25(24)31-26)33(18-27(36-4)7-9-28-10-8-27)21-11-22(34-2)14-23(12-21)35-3;1-26-14-15(12-24-26)22-13-23-20-5-4-16(10-21(20)25-22)27(6-7-28)17-8-18(29-2)11-19(9-17)30-3;;;;/h4-9,12-18H,3,10-11H2,1-2H3;5-6,11-17,28H,7-10,18H2,1-4H3;4-5,8-14,28H,6-7H2,1-3H3;4*1H4/i;;2D3;;;;. The van der Waals surface area contributed by atoms with Crippen molar-refractivity contribution in [2.24, 2.45) is 21.1 Å². The number of ether oxygens (including phenoxy) is 6. The number of amides is 2. The summed E-state index contributed by atoms with van der Waals surface area (Å²) < 4.78 is 75.4. The van der Waals surface area contributed by atoms with Crippen LogP contribution in [0.2, 0.25) is 0 Å². The number of benzene rings is 7. The smallest absolute Gasteiger partial charge is 0.261 e. The van der Waals surface area contributed by atoms with Gasteiger partial charge in [0.25, 0.3) is 11.8 Å². The molecule has 2 aliphatic rings. The topological polar surface area (TPSA) is 266 Å².